The van der Waals surface area contributed by atoms with Crippen molar-refractivity contribution in [1.29, 1.82) is 0 Å². The standard InChI is InChI=1S/C6H9BrN2O2S/c1-4(2)12(10,11)6-8-3-5(7)9-6/h3-4H,1-2H3,(H,8,9). The van der Waals surface area contributed by atoms with Crippen LogP contribution in [0.1, 0.15) is 13.8 Å². The minimum absolute atomic E-state index is 0.0179. The molecule has 0 saturated carbocycles. The summed E-state index contributed by atoms with van der Waals surface area (Å²) in [5, 5.41) is -0.431. The molecular formula is C6H9BrN2O2S. The number of rotatable bonds is 2. The van der Waals surface area contributed by atoms with E-state index in [9.17, 15) is 8.42 Å². The molecule has 0 bridgehead atoms. The first kappa shape index (κ1) is 9.73. The van der Waals surface area contributed by atoms with Crippen LogP contribution in [0.4, 0.5) is 0 Å². The van der Waals surface area contributed by atoms with Gasteiger partial charge < -0.3 is 4.98 Å². The van der Waals surface area contributed by atoms with E-state index in [4.69, 9.17) is 0 Å². The van der Waals surface area contributed by atoms with Gasteiger partial charge in [0.15, 0.2) is 0 Å². The molecule has 0 aliphatic carbocycles. The van der Waals surface area contributed by atoms with Crippen LogP contribution >= 0.6 is 15.9 Å². The van der Waals surface area contributed by atoms with Crippen LogP contribution in [0.25, 0.3) is 0 Å². The van der Waals surface area contributed by atoms with E-state index in [1.165, 1.54) is 6.20 Å². The normalized spacial score (nSPS) is 12.3. The second kappa shape index (κ2) is 3.18. The van der Waals surface area contributed by atoms with Crippen molar-refractivity contribution >= 4 is 25.8 Å². The molecular weight excluding hydrogens is 244 g/mol. The summed E-state index contributed by atoms with van der Waals surface area (Å²) in [7, 11) is -3.25. The number of imidazole rings is 1. The zero-order valence-electron chi connectivity index (χ0n) is 6.70. The topological polar surface area (TPSA) is 62.8 Å². The molecule has 1 N–H and O–H groups in total. The third-order valence-electron chi connectivity index (χ3n) is 1.41. The van der Waals surface area contributed by atoms with E-state index in [-0.39, 0.29) is 5.16 Å². The molecule has 68 valence electrons. The first-order valence-corrected chi connectivity index (χ1v) is 5.73. The smallest absolute Gasteiger partial charge is 0.226 e. The van der Waals surface area contributed by atoms with Crippen LogP contribution in [0.5, 0.6) is 0 Å². The molecule has 0 saturated heterocycles. The van der Waals surface area contributed by atoms with Crippen LogP contribution in [-0.4, -0.2) is 23.6 Å². The molecule has 0 aromatic carbocycles. The lowest BCUT2D eigenvalue weighted by atomic mass is 10.6. The molecule has 1 aromatic heterocycles. The third kappa shape index (κ3) is 1.69. The van der Waals surface area contributed by atoms with Crippen molar-refractivity contribution in [3.63, 3.8) is 0 Å². The van der Waals surface area contributed by atoms with Gasteiger partial charge in [-0.15, -0.1) is 0 Å². The Balaban J connectivity index is 3.15. The molecule has 0 unspecified atom stereocenters. The maximum absolute atomic E-state index is 11.4. The van der Waals surface area contributed by atoms with Crippen molar-refractivity contribution in [3.05, 3.63) is 10.8 Å². The van der Waals surface area contributed by atoms with Gasteiger partial charge in [-0.1, -0.05) is 0 Å². The molecule has 0 fully saturated rings. The fourth-order valence-electron chi connectivity index (χ4n) is 0.650. The van der Waals surface area contributed by atoms with Gasteiger partial charge >= 0.3 is 0 Å². The zero-order valence-corrected chi connectivity index (χ0v) is 9.11. The quantitative estimate of drug-likeness (QED) is 0.865. The lowest BCUT2D eigenvalue weighted by Crippen LogP contribution is -2.15. The number of nitrogens with one attached hydrogen (secondary N) is 1. The van der Waals surface area contributed by atoms with Crippen LogP contribution in [0.2, 0.25) is 0 Å². The maximum atomic E-state index is 11.4. The monoisotopic (exact) mass is 252 g/mol. The minimum Gasteiger partial charge on any atom is -0.324 e. The van der Waals surface area contributed by atoms with Crippen LogP contribution < -0.4 is 0 Å². The molecule has 1 heterocycles. The molecule has 1 rings (SSSR count). The molecule has 0 atom stereocenters. The SMILES string of the molecule is CC(C)S(=O)(=O)c1ncc(Br)[nH]1. The van der Waals surface area contributed by atoms with E-state index in [0.717, 1.165) is 0 Å². The summed E-state index contributed by atoms with van der Waals surface area (Å²) < 4.78 is 23.4. The fourth-order valence-corrected chi connectivity index (χ4v) is 1.97. The Morgan fingerprint density at radius 3 is 2.50 bits per heavy atom. The molecule has 4 nitrogen and oxygen atoms in total. The number of aromatic nitrogens is 2. The van der Waals surface area contributed by atoms with Crippen molar-refractivity contribution in [2.45, 2.75) is 24.3 Å². The Labute approximate surface area is 79.4 Å². The summed E-state index contributed by atoms with van der Waals surface area (Å²) in [4.78, 5) is 6.33. The van der Waals surface area contributed by atoms with Gasteiger partial charge in [0.25, 0.3) is 0 Å². The number of hydrogen-bond acceptors (Lipinski definition) is 3. The first-order valence-electron chi connectivity index (χ1n) is 3.39. The first-order chi connectivity index (χ1) is 5.44. The molecule has 0 aliphatic heterocycles. The lowest BCUT2D eigenvalue weighted by molar-refractivity contribution is 0.580. The highest BCUT2D eigenvalue weighted by molar-refractivity contribution is 9.10. The van der Waals surface area contributed by atoms with Gasteiger partial charge in [0.1, 0.15) is 4.60 Å². The van der Waals surface area contributed by atoms with Crippen LogP contribution in [0, 0.1) is 0 Å². The van der Waals surface area contributed by atoms with Crippen LogP contribution in [0.15, 0.2) is 16.0 Å². The average Bonchev–Trinajstić information content (AvgIpc) is 2.35. The molecule has 0 amide bonds. The number of H-pyrrole nitrogens is 1. The van der Waals surface area contributed by atoms with Crippen molar-refractivity contribution in [2.75, 3.05) is 0 Å². The van der Waals surface area contributed by atoms with Gasteiger partial charge in [0.2, 0.25) is 15.0 Å². The highest BCUT2D eigenvalue weighted by Crippen LogP contribution is 2.14. The van der Waals surface area contributed by atoms with Crippen molar-refractivity contribution < 1.29 is 8.42 Å². The number of aromatic amines is 1. The second-order valence-electron chi connectivity index (χ2n) is 2.63. The van der Waals surface area contributed by atoms with E-state index in [1.807, 2.05) is 0 Å². The largest absolute Gasteiger partial charge is 0.324 e. The Bertz CT molecular complexity index is 369. The predicted octanol–water partition coefficient (Wildman–Crippen LogP) is 1.35. The fraction of sp³-hybridized carbons (Fsp3) is 0.500. The van der Waals surface area contributed by atoms with Gasteiger partial charge in [-0.2, -0.15) is 0 Å². The summed E-state index contributed by atoms with van der Waals surface area (Å²) in [5.74, 6) is 0. The Kier molecular flexibility index (Phi) is 2.58. The Morgan fingerprint density at radius 2 is 2.17 bits per heavy atom. The van der Waals surface area contributed by atoms with Gasteiger partial charge in [0, 0.05) is 0 Å². The number of nitrogens with zero attached hydrogens (tertiary/aromatic N) is 1. The Hall–Kier alpha value is -0.360. The molecule has 0 spiro atoms. The highest BCUT2D eigenvalue weighted by Gasteiger charge is 2.21. The van der Waals surface area contributed by atoms with Crippen molar-refractivity contribution in [2.24, 2.45) is 0 Å². The summed E-state index contributed by atoms with van der Waals surface area (Å²) in [6.45, 7) is 3.23. The van der Waals surface area contributed by atoms with Gasteiger partial charge in [-0.05, 0) is 29.8 Å². The molecule has 1 aromatic rings. The number of hydrogen-bond donors (Lipinski definition) is 1. The lowest BCUT2D eigenvalue weighted by Gasteiger charge is -2.02. The van der Waals surface area contributed by atoms with Crippen molar-refractivity contribution in [3.8, 4) is 0 Å². The highest BCUT2D eigenvalue weighted by atomic mass is 79.9. The van der Waals surface area contributed by atoms with Crippen molar-refractivity contribution in [1.82, 2.24) is 9.97 Å². The number of sulfone groups is 1. The third-order valence-corrected chi connectivity index (χ3v) is 3.80. The van der Waals surface area contributed by atoms with E-state index in [1.54, 1.807) is 13.8 Å². The predicted molar refractivity (Wildman–Crippen MR) is 48.6 cm³/mol. The van der Waals surface area contributed by atoms with E-state index in [2.05, 4.69) is 25.9 Å². The van der Waals surface area contributed by atoms with E-state index in [0.29, 0.717) is 4.60 Å². The molecule has 12 heavy (non-hydrogen) atoms. The minimum atomic E-state index is -3.25. The molecule has 0 radical (unpaired) electrons. The number of halogens is 1. The molecule has 0 aliphatic rings. The molecule has 6 heteroatoms. The van der Waals surface area contributed by atoms with Gasteiger partial charge in [-0.3, -0.25) is 0 Å². The summed E-state index contributed by atoms with van der Waals surface area (Å²) in [6, 6.07) is 0. The second-order valence-corrected chi connectivity index (χ2v) is 5.90. The zero-order chi connectivity index (χ0) is 9.35. The van der Waals surface area contributed by atoms with Crippen LogP contribution in [-0.2, 0) is 9.84 Å². The van der Waals surface area contributed by atoms with Crippen LogP contribution in [0.3, 0.4) is 0 Å². The summed E-state index contributed by atoms with van der Waals surface area (Å²) >= 11 is 3.09. The van der Waals surface area contributed by atoms with Gasteiger partial charge in [0.05, 0.1) is 11.4 Å². The Morgan fingerprint density at radius 1 is 1.58 bits per heavy atom. The van der Waals surface area contributed by atoms with E-state index >= 15 is 0 Å². The maximum Gasteiger partial charge on any atom is 0.226 e. The average molecular weight is 253 g/mol. The van der Waals surface area contributed by atoms with E-state index < -0.39 is 15.1 Å². The summed E-state index contributed by atoms with van der Waals surface area (Å²) in [5.41, 5.74) is 0. The summed E-state index contributed by atoms with van der Waals surface area (Å²) in [6.07, 6.45) is 1.43. The van der Waals surface area contributed by atoms with Gasteiger partial charge in [-0.25, -0.2) is 13.4 Å².